The van der Waals surface area contributed by atoms with Gasteiger partial charge in [-0.1, -0.05) is 0 Å². The topological polar surface area (TPSA) is 26.7 Å². The van der Waals surface area contributed by atoms with E-state index in [2.05, 4.69) is 30.8 Å². The Kier molecular flexibility index (Phi) is 3.50. The van der Waals surface area contributed by atoms with E-state index in [-0.39, 0.29) is 6.10 Å². The van der Waals surface area contributed by atoms with Gasteiger partial charge in [0.15, 0.2) is 0 Å². The number of nitrogens with zero attached hydrogens (tertiary/aromatic N) is 2. The van der Waals surface area contributed by atoms with Crippen molar-refractivity contribution in [2.24, 2.45) is 0 Å². The molecule has 0 spiro atoms. The Balaban J connectivity index is 2.23. The first kappa shape index (κ1) is 9.96. The second-order valence-corrected chi connectivity index (χ2v) is 4.04. The fraction of sp³-hybridized carbons (Fsp3) is 1.00. The molecular formula is C9H20N2O. The molecule has 1 N–H and O–H groups in total. The summed E-state index contributed by atoms with van der Waals surface area (Å²) < 4.78 is 0. The van der Waals surface area contributed by atoms with Gasteiger partial charge in [0.05, 0.1) is 6.10 Å². The molecule has 12 heavy (non-hydrogen) atoms. The van der Waals surface area contributed by atoms with E-state index in [0.717, 1.165) is 26.1 Å². The summed E-state index contributed by atoms with van der Waals surface area (Å²) in [4.78, 5) is 4.53. The summed E-state index contributed by atoms with van der Waals surface area (Å²) in [6.07, 6.45) is 0.843. The van der Waals surface area contributed by atoms with E-state index in [1.54, 1.807) is 0 Å². The second-order valence-electron chi connectivity index (χ2n) is 4.04. The van der Waals surface area contributed by atoms with Crippen LogP contribution in [-0.2, 0) is 0 Å². The first-order valence-corrected chi connectivity index (χ1v) is 4.66. The summed E-state index contributed by atoms with van der Waals surface area (Å²) >= 11 is 0. The minimum atomic E-state index is -0.0952. The molecule has 3 heteroatoms. The SMILES string of the molecule is CC1CC(O)CN1CCN(C)C. The molecule has 1 rings (SSSR count). The molecule has 1 heterocycles. The minimum absolute atomic E-state index is 0.0952. The molecule has 0 aromatic heterocycles. The zero-order valence-corrected chi connectivity index (χ0v) is 8.32. The van der Waals surface area contributed by atoms with Gasteiger partial charge in [0.1, 0.15) is 0 Å². The Bertz CT molecular complexity index is 138. The minimum Gasteiger partial charge on any atom is -0.392 e. The maximum absolute atomic E-state index is 9.38. The maximum atomic E-state index is 9.38. The van der Waals surface area contributed by atoms with Gasteiger partial charge in [-0.3, -0.25) is 4.90 Å². The molecule has 0 radical (unpaired) electrons. The highest BCUT2D eigenvalue weighted by molar-refractivity contribution is 4.81. The summed E-state index contributed by atoms with van der Waals surface area (Å²) in [6, 6.07) is 0.556. The molecule has 0 aliphatic carbocycles. The Morgan fingerprint density at radius 3 is 2.58 bits per heavy atom. The summed E-state index contributed by atoms with van der Waals surface area (Å²) in [5.41, 5.74) is 0. The quantitative estimate of drug-likeness (QED) is 0.649. The molecule has 0 aromatic rings. The molecule has 0 saturated carbocycles. The number of β-amino-alcohol motifs (C(OH)–C–C–N with tert-alkyl or cyclic N) is 1. The van der Waals surface area contributed by atoms with Gasteiger partial charge < -0.3 is 10.0 Å². The van der Waals surface area contributed by atoms with Crippen LogP contribution in [0.5, 0.6) is 0 Å². The molecule has 0 aromatic carbocycles. The van der Waals surface area contributed by atoms with E-state index in [1.165, 1.54) is 0 Å². The van der Waals surface area contributed by atoms with Gasteiger partial charge >= 0.3 is 0 Å². The van der Waals surface area contributed by atoms with E-state index in [4.69, 9.17) is 0 Å². The summed E-state index contributed by atoms with van der Waals surface area (Å²) in [5.74, 6) is 0. The van der Waals surface area contributed by atoms with Gasteiger partial charge in [0.2, 0.25) is 0 Å². The van der Waals surface area contributed by atoms with E-state index in [9.17, 15) is 5.11 Å². The van der Waals surface area contributed by atoms with Crippen molar-refractivity contribution in [1.29, 1.82) is 0 Å². The highest BCUT2D eigenvalue weighted by Gasteiger charge is 2.26. The Morgan fingerprint density at radius 2 is 2.17 bits per heavy atom. The van der Waals surface area contributed by atoms with Crippen LogP contribution in [0.4, 0.5) is 0 Å². The largest absolute Gasteiger partial charge is 0.392 e. The van der Waals surface area contributed by atoms with Crippen LogP contribution in [0.1, 0.15) is 13.3 Å². The molecule has 3 nitrogen and oxygen atoms in total. The van der Waals surface area contributed by atoms with Crippen molar-refractivity contribution in [2.45, 2.75) is 25.5 Å². The normalized spacial score (nSPS) is 31.8. The van der Waals surface area contributed by atoms with Crippen LogP contribution < -0.4 is 0 Å². The molecule has 0 bridgehead atoms. The average molecular weight is 172 g/mol. The number of aliphatic hydroxyl groups excluding tert-OH is 1. The fourth-order valence-electron chi connectivity index (χ4n) is 1.71. The molecule has 0 amide bonds. The van der Waals surface area contributed by atoms with Crippen LogP contribution in [0.3, 0.4) is 0 Å². The maximum Gasteiger partial charge on any atom is 0.0682 e. The second kappa shape index (κ2) is 4.21. The van der Waals surface area contributed by atoms with E-state index in [1.807, 2.05) is 0 Å². The van der Waals surface area contributed by atoms with Gasteiger partial charge in [0, 0.05) is 25.7 Å². The van der Waals surface area contributed by atoms with Crippen LogP contribution in [0.2, 0.25) is 0 Å². The summed E-state index contributed by atoms with van der Waals surface area (Å²) in [6.45, 7) is 5.20. The van der Waals surface area contributed by atoms with E-state index in [0.29, 0.717) is 6.04 Å². The first-order valence-electron chi connectivity index (χ1n) is 4.66. The summed E-state index contributed by atoms with van der Waals surface area (Å²) in [7, 11) is 4.16. The molecule has 72 valence electrons. The van der Waals surface area contributed by atoms with Gasteiger partial charge in [0.25, 0.3) is 0 Å². The zero-order chi connectivity index (χ0) is 9.14. The van der Waals surface area contributed by atoms with Crippen molar-refractivity contribution < 1.29 is 5.11 Å². The number of rotatable bonds is 3. The van der Waals surface area contributed by atoms with Gasteiger partial charge in [-0.25, -0.2) is 0 Å². The lowest BCUT2D eigenvalue weighted by atomic mass is 10.2. The number of hydrogen-bond donors (Lipinski definition) is 1. The van der Waals surface area contributed by atoms with Gasteiger partial charge in [-0.15, -0.1) is 0 Å². The monoisotopic (exact) mass is 172 g/mol. The third kappa shape index (κ3) is 2.73. The molecule has 1 aliphatic heterocycles. The van der Waals surface area contributed by atoms with Crippen LogP contribution >= 0.6 is 0 Å². The van der Waals surface area contributed by atoms with Crippen molar-refractivity contribution in [3.63, 3.8) is 0 Å². The standard InChI is InChI=1S/C9H20N2O/c1-8-6-9(12)7-11(8)5-4-10(2)3/h8-9,12H,4-7H2,1-3H3. The highest BCUT2D eigenvalue weighted by atomic mass is 16.3. The molecule has 2 unspecified atom stereocenters. The van der Waals surface area contributed by atoms with E-state index < -0.39 is 0 Å². The van der Waals surface area contributed by atoms with Crippen molar-refractivity contribution in [3.05, 3.63) is 0 Å². The Morgan fingerprint density at radius 1 is 1.50 bits per heavy atom. The highest BCUT2D eigenvalue weighted by Crippen LogP contribution is 2.16. The lowest BCUT2D eigenvalue weighted by molar-refractivity contribution is 0.171. The predicted octanol–water partition coefficient (Wildman–Crippen LogP) is 0.00310. The number of likely N-dealkylation sites (N-methyl/N-ethyl adjacent to an activating group) is 1. The molecule has 2 atom stereocenters. The number of likely N-dealkylation sites (tertiary alicyclic amines) is 1. The number of hydrogen-bond acceptors (Lipinski definition) is 3. The Labute approximate surface area is 75.0 Å². The molecule has 1 saturated heterocycles. The average Bonchev–Trinajstić information content (AvgIpc) is 2.26. The van der Waals surface area contributed by atoms with E-state index >= 15 is 0 Å². The van der Waals surface area contributed by atoms with Crippen LogP contribution in [-0.4, -0.2) is 60.8 Å². The van der Waals surface area contributed by atoms with Crippen LogP contribution in [0, 0.1) is 0 Å². The fourth-order valence-corrected chi connectivity index (χ4v) is 1.71. The Hall–Kier alpha value is -0.120. The third-order valence-corrected chi connectivity index (χ3v) is 2.52. The third-order valence-electron chi connectivity index (χ3n) is 2.52. The predicted molar refractivity (Wildman–Crippen MR) is 50.2 cm³/mol. The van der Waals surface area contributed by atoms with Crippen molar-refractivity contribution in [3.8, 4) is 0 Å². The smallest absolute Gasteiger partial charge is 0.0682 e. The van der Waals surface area contributed by atoms with Gasteiger partial charge in [-0.05, 0) is 27.4 Å². The van der Waals surface area contributed by atoms with Crippen molar-refractivity contribution in [1.82, 2.24) is 9.80 Å². The van der Waals surface area contributed by atoms with Gasteiger partial charge in [-0.2, -0.15) is 0 Å². The zero-order valence-electron chi connectivity index (χ0n) is 8.32. The van der Waals surface area contributed by atoms with Crippen molar-refractivity contribution >= 4 is 0 Å². The molecule has 1 fully saturated rings. The molecular weight excluding hydrogens is 152 g/mol. The first-order chi connectivity index (χ1) is 5.59. The lowest BCUT2D eigenvalue weighted by Gasteiger charge is -2.22. The van der Waals surface area contributed by atoms with Crippen molar-refractivity contribution in [2.75, 3.05) is 33.7 Å². The summed E-state index contributed by atoms with van der Waals surface area (Å²) in [5, 5.41) is 9.38. The number of aliphatic hydroxyl groups is 1. The lowest BCUT2D eigenvalue weighted by Crippen LogP contribution is -2.34. The van der Waals surface area contributed by atoms with Crippen LogP contribution in [0.15, 0.2) is 0 Å². The van der Waals surface area contributed by atoms with Crippen LogP contribution in [0.25, 0.3) is 0 Å². The molecule has 1 aliphatic rings.